The van der Waals surface area contributed by atoms with Crippen molar-refractivity contribution >= 4 is 29.4 Å². The second-order valence-corrected chi connectivity index (χ2v) is 10.7. The summed E-state index contributed by atoms with van der Waals surface area (Å²) in [5.41, 5.74) is 1.72. The predicted octanol–water partition coefficient (Wildman–Crippen LogP) is 3.78. The highest BCUT2D eigenvalue weighted by molar-refractivity contribution is 8.03. The first kappa shape index (κ1) is 19.7. The molecule has 3 aliphatic heterocycles. The SMILES string of the molecule is O=C1CCC2(CCN(C3CSCCSC3)CC2)CN1CCc1ccccc1. The topological polar surface area (TPSA) is 23.6 Å². The van der Waals surface area contributed by atoms with E-state index in [1.807, 2.05) is 0 Å². The van der Waals surface area contributed by atoms with E-state index < -0.39 is 0 Å². The fourth-order valence-electron chi connectivity index (χ4n) is 4.80. The Hall–Kier alpha value is -0.650. The van der Waals surface area contributed by atoms with Crippen molar-refractivity contribution in [2.45, 2.75) is 38.1 Å². The van der Waals surface area contributed by atoms with E-state index in [9.17, 15) is 4.79 Å². The van der Waals surface area contributed by atoms with Crippen LogP contribution in [-0.4, -0.2) is 70.9 Å². The molecule has 0 aliphatic carbocycles. The molecule has 0 aromatic heterocycles. The molecule has 3 heterocycles. The fourth-order valence-corrected chi connectivity index (χ4v) is 7.43. The minimum absolute atomic E-state index is 0.371. The summed E-state index contributed by atoms with van der Waals surface area (Å²) in [5, 5.41) is 0. The first-order valence-electron chi connectivity index (χ1n) is 10.5. The minimum atomic E-state index is 0.371. The van der Waals surface area contributed by atoms with Crippen LogP contribution in [0.5, 0.6) is 0 Å². The van der Waals surface area contributed by atoms with Crippen LogP contribution in [0.15, 0.2) is 30.3 Å². The number of rotatable bonds is 4. The standard InChI is InChI=1S/C22H32N2OS2/c25-21-6-8-22(18-24(21)11-7-19-4-2-1-3-5-19)9-12-23(13-10-22)20-16-26-14-15-27-17-20/h1-5,20H,6-18H2. The summed E-state index contributed by atoms with van der Waals surface area (Å²) < 4.78 is 0. The molecular weight excluding hydrogens is 372 g/mol. The molecule has 1 amide bonds. The molecular formula is C22H32N2OS2. The predicted molar refractivity (Wildman–Crippen MR) is 118 cm³/mol. The Bertz CT molecular complexity index is 608. The number of amides is 1. The largest absolute Gasteiger partial charge is 0.342 e. The molecule has 0 unspecified atom stereocenters. The Labute approximate surface area is 172 Å². The highest BCUT2D eigenvalue weighted by Crippen LogP contribution is 2.41. The molecule has 0 radical (unpaired) electrons. The summed E-state index contributed by atoms with van der Waals surface area (Å²) in [6.45, 7) is 4.32. The monoisotopic (exact) mass is 404 g/mol. The zero-order valence-electron chi connectivity index (χ0n) is 16.3. The number of carbonyl (C=O) groups is 1. The lowest BCUT2D eigenvalue weighted by Gasteiger charge is -2.49. The lowest BCUT2D eigenvalue weighted by atomic mass is 9.72. The van der Waals surface area contributed by atoms with Gasteiger partial charge in [-0.1, -0.05) is 30.3 Å². The van der Waals surface area contributed by atoms with Gasteiger partial charge in [0.05, 0.1) is 0 Å². The van der Waals surface area contributed by atoms with Crippen molar-refractivity contribution in [3.8, 4) is 0 Å². The number of carbonyl (C=O) groups excluding carboxylic acids is 1. The van der Waals surface area contributed by atoms with E-state index in [0.29, 0.717) is 11.3 Å². The number of hydrogen-bond acceptors (Lipinski definition) is 4. The molecule has 27 heavy (non-hydrogen) atoms. The lowest BCUT2D eigenvalue weighted by Crippen LogP contribution is -2.54. The maximum absolute atomic E-state index is 12.5. The maximum Gasteiger partial charge on any atom is 0.222 e. The third kappa shape index (κ3) is 5.04. The smallest absolute Gasteiger partial charge is 0.222 e. The van der Waals surface area contributed by atoms with Gasteiger partial charge in [-0.05, 0) is 49.8 Å². The van der Waals surface area contributed by atoms with Gasteiger partial charge in [-0.25, -0.2) is 0 Å². The quantitative estimate of drug-likeness (QED) is 0.762. The second-order valence-electron chi connectivity index (χ2n) is 8.39. The molecule has 3 fully saturated rings. The van der Waals surface area contributed by atoms with Crippen molar-refractivity contribution in [2.24, 2.45) is 5.41 Å². The van der Waals surface area contributed by atoms with Crippen LogP contribution < -0.4 is 0 Å². The molecule has 1 aromatic rings. The third-order valence-electron chi connectivity index (χ3n) is 6.63. The summed E-state index contributed by atoms with van der Waals surface area (Å²) in [6.07, 6.45) is 5.38. The Morgan fingerprint density at radius 3 is 2.41 bits per heavy atom. The van der Waals surface area contributed by atoms with Gasteiger partial charge in [0.1, 0.15) is 0 Å². The van der Waals surface area contributed by atoms with Crippen LogP contribution in [-0.2, 0) is 11.2 Å². The van der Waals surface area contributed by atoms with Crippen LogP contribution in [0.3, 0.4) is 0 Å². The number of hydrogen-bond donors (Lipinski definition) is 0. The minimum Gasteiger partial charge on any atom is -0.342 e. The van der Waals surface area contributed by atoms with Crippen molar-refractivity contribution < 1.29 is 4.79 Å². The van der Waals surface area contributed by atoms with E-state index in [1.54, 1.807) is 0 Å². The van der Waals surface area contributed by atoms with E-state index in [0.717, 1.165) is 38.4 Å². The Morgan fingerprint density at radius 1 is 1.00 bits per heavy atom. The molecule has 0 atom stereocenters. The van der Waals surface area contributed by atoms with Crippen molar-refractivity contribution in [1.82, 2.24) is 9.80 Å². The Morgan fingerprint density at radius 2 is 1.70 bits per heavy atom. The van der Waals surface area contributed by atoms with Crippen molar-refractivity contribution in [3.63, 3.8) is 0 Å². The number of likely N-dealkylation sites (tertiary alicyclic amines) is 2. The molecule has 4 rings (SSSR count). The van der Waals surface area contributed by atoms with Crippen LogP contribution in [0.1, 0.15) is 31.2 Å². The maximum atomic E-state index is 12.5. The van der Waals surface area contributed by atoms with Crippen molar-refractivity contribution in [1.29, 1.82) is 0 Å². The lowest BCUT2D eigenvalue weighted by molar-refractivity contribution is -0.139. The van der Waals surface area contributed by atoms with E-state index in [2.05, 4.69) is 63.7 Å². The molecule has 1 aromatic carbocycles. The summed E-state index contributed by atoms with van der Waals surface area (Å²) >= 11 is 4.27. The molecule has 0 saturated carbocycles. The van der Waals surface area contributed by atoms with Gasteiger partial charge in [-0.2, -0.15) is 23.5 Å². The van der Waals surface area contributed by atoms with Crippen LogP contribution >= 0.6 is 23.5 Å². The Kier molecular flexibility index (Phi) is 6.72. The van der Waals surface area contributed by atoms with Gasteiger partial charge in [0, 0.05) is 48.6 Å². The Balaban J connectivity index is 1.31. The van der Waals surface area contributed by atoms with Crippen molar-refractivity contribution in [2.75, 3.05) is 49.2 Å². The molecule has 3 nitrogen and oxygen atoms in total. The van der Waals surface area contributed by atoms with E-state index in [4.69, 9.17) is 0 Å². The van der Waals surface area contributed by atoms with Gasteiger partial charge < -0.3 is 4.90 Å². The molecule has 5 heteroatoms. The van der Waals surface area contributed by atoms with Gasteiger partial charge >= 0.3 is 0 Å². The van der Waals surface area contributed by atoms with Gasteiger partial charge in [-0.15, -0.1) is 0 Å². The summed E-state index contributed by atoms with van der Waals surface area (Å²) in [6, 6.07) is 11.4. The first-order chi connectivity index (χ1) is 13.2. The zero-order chi connectivity index (χ0) is 18.5. The average molecular weight is 405 g/mol. The van der Waals surface area contributed by atoms with Crippen LogP contribution in [0.4, 0.5) is 0 Å². The molecule has 3 aliphatic rings. The molecule has 0 bridgehead atoms. The number of nitrogens with zero attached hydrogens (tertiary/aromatic N) is 2. The van der Waals surface area contributed by atoms with Crippen LogP contribution in [0, 0.1) is 5.41 Å². The first-order valence-corrected chi connectivity index (χ1v) is 12.8. The summed E-state index contributed by atoms with van der Waals surface area (Å²) in [5.74, 6) is 5.62. The van der Waals surface area contributed by atoms with Crippen LogP contribution in [0.25, 0.3) is 0 Å². The van der Waals surface area contributed by atoms with Gasteiger partial charge in [0.15, 0.2) is 0 Å². The fraction of sp³-hybridized carbons (Fsp3) is 0.682. The van der Waals surface area contributed by atoms with Gasteiger partial charge in [0.25, 0.3) is 0 Å². The van der Waals surface area contributed by atoms with E-state index in [1.165, 1.54) is 54.5 Å². The molecule has 1 spiro atoms. The highest BCUT2D eigenvalue weighted by atomic mass is 32.2. The zero-order valence-corrected chi connectivity index (χ0v) is 17.9. The molecule has 0 N–H and O–H groups in total. The van der Waals surface area contributed by atoms with E-state index >= 15 is 0 Å². The second kappa shape index (κ2) is 9.23. The number of piperidine rings is 2. The number of thioether (sulfide) groups is 2. The van der Waals surface area contributed by atoms with E-state index in [-0.39, 0.29) is 0 Å². The number of benzene rings is 1. The molecule has 3 saturated heterocycles. The highest BCUT2D eigenvalue weighted by Gasteiger charge is 2.41. The van der Waals surface area contributed by atoms with Gasteiger partial charge in [-0.3, -0.25) is 9.69 Å². The average Bonchev–Trinajstić information content (AvgIpc) is 3.00. The third-order valence-corrected chi connectivity index (χ3v) is 9.11. The molecule has 148 valence electrons. The van der Waals surface area contributed by atoms with Crippen molar-refractivity contribution in [3.05, 3.63) is 35.9 Å². The van der Waals surface area contributed by atoms with Gasteiger partial charge in [0.2, 0.25) is 5.91 Å². The van der Waals surface area contributed by atoms with Crippen LogP contribution in [0.2, 0.25) is 0 Å². The summed E-state index contributed by atoms with van der Waals surface area (Å²) in [4.78, 5) is 17.4. The normalized spacial score (nSPS) is 24.9. The summed E-state index contributed by atoms with van der Waals surface area (Å²) in [7, 11) is 0.